The third-order valence-electron chi connectivity index (χ3n) is 3.41. The van der Waals surface area contributed by atoms with Crippen molar-refractivity contribution in [3.8, 4) is 5.88 Å². The van der Waals surface area contributed by atoms with Crippen LogP contribution < -0.4 is 9.64 Å². The Hall–Kier alpha value is -2.28. The number of carbonyl (C=O) groups excluding carboxylic acids is 1. The molecule has 0 aromatic carbocycles. The number of furan rings is 1. The van der Waals surface area contributed by atoms with Crippen LogP contribution in [0.15, 0.2) is 35.1 Å². The molecule has 2 aromatic heterocycles. The fourth-order valence-corrected chi connectivity index (χ4v) is 2.26. The van der Waals surface area contributed by atoms with E-state index in [2.05, 4.69) is 9.97 Å². The molecule has 0 atom stereocenters. The predicted molar refractivity (Wildman–Crippen MR) is 82.7 cm³/mol. The number of piperazine rings is 1. The Morgan fingerprint density at radius 3 is 2.68 bits per heavy atom. The van der Waals surface area contributed by atoms with Crippen molar-refractivity contribution in [1.29, 1.82) is 0 Å². The van der Waals surface area contributed by atoms with Gasteiger partial charge in [0.15, 0.2) is 5.76 Å². The fraction of sp³-hybridized carbons (Fsp3) is 0.357. The van der Waals surface area contributed by atoms with Gasteiger partial charge < -0.3 is 19.0 Å². The topological polar surface area (TPSA) is 71.7 Å². The van der Waals surface area contributed by atoms with Crippen molar-refractivity contribution in [3.05, 3.63) is 36.4 Å². The molecule has 0 unspecified atom stereocenters. The third-order valence-corrected chi connectivity index (χ3v) is 3.41. The normalized spacial score (nSPS) is 14.4. The van der Waals surface area contributed by atoms with Gasteiger partial charge in [-0.15, -0.1) is 12.4 Å². The Morgan fingerprint density at radius 1 is 1.27 bits per heavy atom. The second-order valence-electron chi connectivity index (χ2n) is 4.66. The average molecular weight is 325 g/mol. The molecule has 3 rings (SSSR count). The van der Waals surface area contributed by atoms with Crippen LogP contribution in [0.2, 0.25) is 0 Å². The lowest BCUT2D eigenvalue weighted by molar-refractivity contribution is 0.0714. The standard InChI is InChI=1S/C14H16N4O3.ClH/c1-20-12-4-5-15-14(16-12)18-8-6-17(7-9-18)13(19)11-3-2-10-21-11;/h2-5,10H,6-9H2,1H3;1H. The molecular weight excluding hydrogens is 308 g/mol. The van der Waals surface area contributed by atoms with Crippen molar-refractivity contribution < 1.29 is 13.9 Å². The highest BCUT2D eigenvalue weighted by Crippen LogP contribution is 2.15. The number of amides is 1. The Labute approximate surface area is 134 Å². The molecular formula is C14H17ClN4O3. The fourth-order valence-electron chi connectivity index (χ4n) is 2.26. The quantitative estimate of drug-likeness (QED) is 0.851. The maximum Gasteiger partial charge on any atom is 0.289 e. The van der Waals surface area contributed by atoms with Crippen molar-refractivity contribution in [2.45, 2.75) is 0 Å². The predicted octanol–water partition coefficient (Wildman–Crippen LogP) is 1.46. The van der Waals surface area contributed by atoms with Gasteiger partial charge in [0.1, 0.15) is 0 Å². The number of anilines is 1. The first-order valence-electron chi connectivity index (χ1n) is 6.72. The summed E-state index contributed by atoms with van der Waals surface area (Å²) in [7, 11) is 1.58. The third kappa shape index (κ3) is 3.30. The molecule has 3 heterocycles. The Balaban J connectivity index is 0.00000176. The summed E-state index contributed by atoms with van der Waals surface area (Å²) >= 11 is 0. The zero-order valence-electron chi connectivity index (χ0n) is 12.1. The molecule has 0 bridgehead atoms. The van der Waals surface area contributed by atoms with Crippen molar-refractivity contribution in [2.75, 3.05) is 38.2 Å². The van der Waals surface area contributed by atoms with Gasteiger partial charge in [-0.3, -0.25) is 4.79 Å². The summed E-state index contributed by atoms with van der Waals surface area (Å²) in [5.41, 5.74) is 0. The molecule has 118 valence electrons. The first kappa shape index (κ1) is 16.1. The largest absolute Gasteiger partial charge is 0.481 e. The number of methoxy groups -OCH3 is 1. The van der Waals surface area contributed by atoms with Gasteiger partial charge in [0.25, 0.3) is 5.91 Å². The summed E-state index contributed by atoms with van der Waals surface area (Å²) in [6, 6.07) is 5.10. The monoisotopic (exact) mass is 324 g/mol. The number of rotatable bonds is 3. The van der Waals surface area contributed by atoms with Gasteiger partial charge in [0, 0.05) is 38.4 Å². The van der Waals surface area contributed by atoms with Crippen molar-refractivity contribution in [3.63, 3.8) is 0 Å². The van der Waals surface area contributed by atoms with Crippen molar-refractivity contribution in [1.82, 2.24) is 14.9 Å². The first-order valence-corrected chi connectivity index (χ1v) is 6.72. The minimum absolute atomic E-state index is 0. The van der Waals surface area contributed by atoms with E-state index in [1.807, 2.05) is 4.90 Å². The lowest BCUT2D eigenvalue weighted by Gasteiger charge is -2.34. The van der Waals surface area contributed by atoms with Crippen LogP contribution in [0, 0.1) is 0 Å². The van der Waals surface area contributed by atoms with Crippen LogP contribution in [0.1, 0.15) is 10.6 Å². The average Bonchev–Trinajstić information content (AvgIpc) is 3.09. The van der Waals surface area contributed by atoms with Gasteiger partial charge in [-0.05, 0) is 12.1 Å². The van der Waals surface area contributed by atoms with Crippen LogP contribution in [-0.2, 0) is 0 Å². The zero-order valence-corrected chi connectivity index (χ0v) is 13.0. The van der Waals surface area contributed by atoms with Gasteiger partial charge in [-0.25, -0.2) is 4.98 Å². The Kier molecular flexibility index (Phi) is 5.21. The van der Waals surface area contributed by atoms with Gasteiger partial charge in [0.2, 0.25) is 11.8 Å². The van der Waals surface area contributed by atoms with E-state index in [-0.39, 0.29) is 18.3 Å². The number of hydrogen-bond donors (Lipinski definition) is 0. The summed E-state index contributed by atoms with van der Waals surface area (Å²) in [6.07, 6.45) is 3.18. The first-order chi connectivity index (χ1) is 10.3. The Bertz CT molecular complexity index is 612. The molecule has 22 heavy (non-hydrogen) atoms. The molecule has 1 saturated heterocycles. The van der Waals surface area contributed by atoms with E-state index in [4.69, 9.17) is 9.15 Å². The number of hydrogen-bond acceptors (Lipinski definition) is 6. The number of halogens is 1. The number of aromatic nitrogens is 2. The summed E-state index contributed by atoms with van der Waals surface area (Å²) < 4.78 is 10.2. The smallest absolute Gasteiger partial charge is 0.289 e. The molecule has 7 nitrogen and oxygen atoms in total. The molecule has 0 radical (unpaired) electrons. The van der Waals surface area contributed by atoms with Crippen LogP contribution in [0.4, 0.5) is 5.95 Å². The minimum atomic E-state index is -0.0776. The maximum atomic E-state index is 12.2. The van der Waals surface area contributed by atoms with Crippen LogP contribution in [0.5, 0.6) is 5.88 Å². The number of nitrogens with zero attached hydrogens (tertiary/aromatic N) is 4. The highest BCUT2D eigenvalue weighted by molar-refractivity contribution is 5.91. The molecule has 1 fully saturated rings. The van der Waals surface area contributed by atoms with Gasteiger partial charge >= 0.3 is 0 Å². The summed E-state index contributed by atoms with van der Waals surface area (Å²) in [6.45, 7) is 2.58. The van der Waals surface area contributed by atoms with Crippen molar-refractivity contribution >= 4 is 24.3 Å². The van der Waals surface area contributed by atoms with E-state index in [1.165, 1.54) is 6.26 Å². The van der Waals surface area contributed by atoms with E-state index in [9.17, 15) is 4.79 Å². The summed E-state index contributed by atoms with van der Waals surface area (Å²) in [4.78, 5) is 24.5. The van der Waals surface area contributed by atoms with E-state index in [0.29, 0.717) is 43.8 Å². The molecule has 0 saturated carbocycles. The number of carbonyl (C=O) groups is 1. The second-order valence-corrected chi connectivity index (χ2v) is 4.66. The molecule has 1 aliphatic heterocycles. The minimum Gasteiger partial charge on any atom is -0.481 e. The molecule has 0 N–H and O–H groups in total. The van der Waals surface area contributed by atoms with E-state index < -0.39 is 0 Å². The lowest BCUT2D eigenvalue weighted by Crippen LogP contribution is -2.49. The van der Waals surface area contributed by atoms with Crippen LogP contribution >= 0.6 is 12.4 Å². The van der Waals surface area contributed by atoms with Gasteiger partial charge in [0.05, 0.1) is 13.4 Å². The van der Waals surface area contributed by atoms with Gasteiger partial charge in [-0.2, -0.15) is 4.98 Å². The molecule has 0 spiro atoms. The molecule has 8 heteroatoms. The van der Waals surface area contributed by atoms with E-state index >= 15 is 0 Å². The van der Waals surface area contributed by atoms with Crippen LogP contribution in [-0.4, -0.2) is 54.1 Å². The lowest BCUT2D eigenvalue weighted by atomic mass is 10.3. The highest BCUT2D eigenvalue weighted by atomic mass is 35.5. The second kappa shape index (κ2) is 7.13. The molecule has 0 aliphatic carbocycles. The molecule has 1 aliphatic rings. The van der Waals surface area contributed by atoms with Crippen molar-refractivity contribution in [2.24, 2.45) is 0 Å². The SMILES string of the molecule is COc1ccnc(N2CCN(C(=O)c3ccco3)CC2)n1.Cl. The van der Waals surface area contributed by atoms with Crippen LogP contribution in [0.25, 0.3) is 0 Å². The van der Waals surface area contributed by atoms with E-state index in [1.54, 1.807) is 36.4 Å². The molecule has 1 amide bonds. The summed E-state index contributed by atoms with van der Waals surface area (Å²) in [5.74, 6) is 1.46. The van der Waals surface area contributed by atoms with E-state index in [0.717, 1.165) is 0 Å². The Morgan fingerprint density at radius 2 is 2.05 bits per heavy atom. The summed E-state index contributed by atoms with van der Waals surface area (Å²) in [5, 5.41) is 0. The van der Waals surface area contributed by atoms with Gasteiger partial charge in [-0.1, -0.05) is 0 Å². The molecule has 2 aromatic rings. The highest BCUT2D eigenvalue weighted by Gasteiger charge is 2.24. The van der Waals surface area contributed by atoms with Crippen LogP contribution in [0.3, 0.4) is 0 Å². The zero-order chi connectivity index (χ0) is 14.7. The maximum absolute atomic E-state index is 12.2. The number of ether oxygens (including phenoxy) is 1.